The van der Waals surface area contributed by atoms with Gasteiger partial charge in [-0.25, -0.2) is 37.7 Å². The van der Waals surface area contributed by atoms with Crippen molar-refractivity contribution < 1.29 is 45.5 Å². The summed E-state index contributed by atoms with van der Waals surface area (Å²) < 4.78 is 78.5. The van der Waals surface area contributed by atoms with E-state index in [1.165, 1.54) is 26.1 Å². The molecule has 252 valence electrons. The lowest BCUT2D eigenvalue weighted by Gasteiger charge is -2.36. The first-order valence-electron chi connectivity index (χ1n) is 13.6. The van der Waals surface area contributed by atoms with Crippen molar-refractivity contribution in [3.05, 3.63) is 71.1 Å². The summed E-state index contributed by atoms with van der Waals surface area (Å²) in [5.41, 5.74) is 1.71. The van der Waals surface area contributed by atoms with E-state index in [1.54, 1.807) is 49.8 Å². The molecule has 2 N–H and O–H groups in total. The molecule has 1 aromatic heterocycles. The van der Waals surface area contributed by atoms with E-state index in [0.717, 1.165) is 33.5 Å². The molecule has 0 spiro atoms. The predicted molar refractivity (Wildman–Crippen MR) is 157 cm³/mol. The van der Waals surface area contributed by atoms with Crippen molar-refractivity contribution in [2.45, 2.75) is 52.0 Å². The van der Waals surface area contributed by atoms with E-state index < -0.39 is 52.3 Å². The smallest absolute Gasteiger partial charge is 0.435 e. The molecular weight excluding hydrogens is 637 g/mol. The van der Waals surface area contributed by atoms with Crippen molar-refractivity contribution >= 4 is 22.1 Å². The lowest BCUT2D eigenvalue weighted by atomic mass is 9.97. The van der Waals surface area contributed by atoms with Gasteiger partial charge in [0.05, 0.1) is 21.7 Å². The number of ether oxygens (including phenoxy) is 2. The molecule has 0 aliphatic rings. The Morgan fingerprint density at radius 3 is 2.24 bits per heavy atom. The third-order valence-electron chi connectivity index (χ3n) is 6.10. The minimum absolute atomic E-state index is 0.127. The molecule has 1 heterocycles. The van der Waals surface area contributed by atoms with Gasteiger partial charge < -0.3 is 14.7 Å². The maximum atomic E-state index is 13.5. The molecule has 0 saturated heterocycles. The Labute approximate surface area is 263 Å². The summed E-state index contributed by atoms with van der Waals surface area (Å²) in [6.45, 7) is 7.52. The van der Waals surface area contributed by atoms with Gasteiger partial charge in [0.2, 0.25) is 6.29 Å². The molecule has 0 bridgehead atoms. The van der Waals surface area contributed by atoms with Gasteiger partial charge in [-0.1, -0.05) is 29.8 Å². The number of nitrogens with zero attached hydrogens (tertiary/aromatic N) is 4. The minimum atomic E-state index is -4.72. The Balaban J connectivity index is 1.57. The Bertz CT molecular complexity index is 1610. The van der Waals surface area contributed by atoms with E-state index >= 15 is 0 Å². The number of nitrogens with one attached hydrogen (secondary N) is 2. The van der Waals surface area contributed by atoms with Crippen LogP contribution in [0.3, 0.4) is 0 Å². The van der Waals surface area contributed by atoms with Crippen LogP contribution < -0.4 is 10.3 Å². The summed E-state index contributed by atoms with van der Waals surface area (Å²) in [6.07, 6.45) is -7.17. The molecule has 1 unspecified atom stereocenters. The number of esters is 1. The van der Waals surface area contributed by atoms with Gasteiger partial charge in [-0.2, -0.15) is 18.3 Å². The zero-order valence-corrected chi connectivity index (χ0v) is 26.6. The van der Waals surface area contributed by atoms with Crippen LogP contribution in [0.15, 0.2) is 59.5 Å². The van der Waals surface area contributed by atoms with Crippen molar-refractivity contribution in [1.82, 2.24) is 30.4 Å². The highest BCUT2D eigenvalue weighted by atomic mass is 32.2. The van der Waals surface area contributed by atoms with Crippen molar-refractivity contribution in [3.8, 4) is 16.9 Å². The second-order valence-electron chi connectivity index (χ2n) is 11.0. The minimum Gasteiger partial charge on any atom is -0.756 e. The number of rotatable bonds is 12. The average Bonchev–Trinajstić information content (AvgIpc) is 3.42. The maximum absolute atomic E-state index is 13.5. The third-order valence-corrected chi connectivity index (χ3v) is 7.42. The van der Waals surface area contributed by atoms with Gasteiger partial charge in [0.1, 0.15) is 6.61 Å². The Kier molecular flexibility index (Phi) is 11.5. The molecule has 3 aromatic rings. The van der Waals surface area contributed by atoms with Crippen LogP contribution in [-0.2, 0) is 35.3 Å². The predicted octanol–water partition coefficient (Wildman–Crippen LogP) is 4.30. The fourth-order valence-electron chi connectivity index (χ4n) is 3.51. The summed E-state index contributed by atoms with van der Waals surface area (Å²) in [7, 11) is -3.14. The number of sulfonamides is 1. The fourth-order valence-corrected chi connectivity index (χ4v) is 4.40. The van der Waals surface area contributed by atoms with Crippen molar-refractivity contribution in [2.75, 3.05) is 20.2 Å². The first kappa shape index (κ1) is 36.4. The van der Waals surface area contributed by atoms with Crippen LogP contribution >= 0.6 is 0 Å². The number of alkyl halides is 3. The molecular formula is C28H34F3N6O8S-. The van der Waals surface area contributed by atoms with E-state index in [0.29, 0.717) is 5.56 Å². The SMILES string of the molecule is Cc1ccc(-c2cc(C(F)(F)F)nn2-c2ccc(S(=O)(=O)NC(=O)OCCN(C)N([O-])NOC(C)OC(=O)C(C)(C)C)cc2)cc1. The van der Waals surface area contributed by atoms with Gasteiger partial charge in [-0.05, 0) is 65.0 Å². The van der Waals surface area contributed by atoms with Crippen LogP contribution in [0.4, 0.5) is 18.0 Å². The van der Waals surface area contributed by atoms with E-state index in [9.17, 15) is 36.4 Å². The van der Waals surface area contributed by atoms with Gasteiger partial charge in [0.25, 0.3) is 10.0 Å². The summed E-state index contributed by atoms with van der Waals surface area (Å²) >= 11 is 0. The number of halogens is 3. The Morgan fingerprint density at radius 1 is 1.07 bits per heavy atom. The second-order valence-corrected chi connectivity index (χ2v) is 12.7. The average molecular weight is 672 g/mol. The van der Waals surface area contributed by atoms with Crippen LogP contribution in [0.25, 0.3) is 16.9 Å². The molecule has 0 saturated carbocycles. The monoisotopic (exact) mass is 671 g/mol. The second kappa shape index (κ2) is 14.6. The normalized spacial score (nSPS) is 13.1. The number of aryl methyl sites for hydroxylation is 1. The molecule has 46 heavy (non-hydrogen) atoms. The van der Waals surface area contributed by atoms with Crippen molar-refractivity contribution in [1.29, 1.82) is 0 Å². The highest BCUT2D eigenvalue weighted by molar-refractivity contribution is 7.90. The van der Waals surface area contributed by atoms with Crippen LogP contribution in [0.5, 0.6) is 0 Å². The Hall–Kier alpha value is -4.07. The van der Waals surface area contributed by atoms with E-state index in [4.69, 9.17) is 14.3 Å². The Morgan fingerprint density at radius 2 is 1.67 bits per heavy atom. The van der Waals surface area contributed by atoms with Crippen molar-refractivity contribution in [3.63, 3.8) is 0 Å². The number of carbonyl (C=O) groups is 2. The summed E-state index contributed by atoms with van der Waals surface area (Å²) in [6, 6.07) is 12.3. The maximum Gasteiger partial charge on any atom is 0.435 e. The number of hydrazine groups is 2. The molecule has 0 aliphatic carbocycles. The number of likely N-dealkylation sites (N-methyl/N-ethyl adjacent to an activating group) is 1. The molecule has 3 rings (SSSR count). The van der Waals surface area contributed by atoms with Crippen LogP contribution in [0, 0.1) is 17.5 Å². The molecule has 1 amide bonds. The number of benzene rings is 2. The number of hydrogen-bond donors (Lipinski definition) is 2. The quantitative estimate of drug-likeness (QED) is 0.159. The zero-order chi connectivity index (χ0) is 34.4. The molecule has 0 aliphatic heterocycles. The first-order valence-corrected chi connectivity index (χ1v) is 15.1. The van der Waals surface area contributed by atoms with E-state index in [1.807, 2.05) is 12.5 Å². The van der Waals surface area contributed by atoms with Crippen LogP contribution in [0.2, 0.25) is 0 Å². The van der Waals surface area contributed by atoms with Gasteiger partial charge in [0.15, 0.2) is 5.69 Å². The number of aromatic nitrogens is 2. The van der Waals surface area contributed by atoms with Gasteiger partial charge in [-0.15, -0.1) is 5.59 Å². The van der Waals surface area contributed by atoms with Gasteiger partial charge in [-0.3, -0.25) is 4.79 Å². The molecule has 0 radical (unpaired) electrons. The number of hydrogen-bond acceptors (Lipinski definition) is 12. The number of amides is 1. The molecule has 0 fully saturated rings. The van der Waals surface area contributed by atoms with Crippen molar-refractivity contribution in [2.24, 2.45) is 5.41 Å². The topological polar surface area (TPSA) is 167 Å². The fraction of sp³-hybridized carbons (Fsp3) is 0.393. The molecule has 14 nitrogen and oxygen atoms in total. The lowest BCUT2D eigenvalue weighted by molar-refractivity contribution is -0.241. The first-order chi connectivity index (χ1) is 21.3. The lowest BCUT2D eigenvalue weighted by Crippen LogP contribution is -2.48. The summed E-state index contributed by atoms with van der Waals surface area (Å²) in [5, 5.41) is 16.9. The molecule has 2 aromatic carbocycles. The van der Waals surface area contributed by atoms with Crippen LogP contribution in [-0.4, -0.2) is 67.0 Å². The zero-order valence-electron chi connectivity index (χ0n) is 25.8. The van der Waals surface area contributed by atoms with E-state index in [2.05, 4.69) is 5.10 Å². The van der Waals surface area contributed by atoms with Crippen LogP contribution in [0.1, 0.15) is 39.0 Å². The highest BCUT2D eigenvalue weighted by Crippen LogP contribution is 2.33. The largest absolute Gasteiger partial charge is 0.756 e. The van der Waals surface area contributed by atoms with E-state index in [-0.39, 0.29) is 28.1 Å². The summed E-state index contributed by atoms with van der Waals surface area (Å²) in [4.78, 5) is 28.6. The van der Waals surface area contributed by atoms with Gasteiger partial charge in [0, 0.05) is 19.2 Å². The standard InChI is InChI=1S/C28H34F3N6O8S/c1-18-7-9-20(10-8-18)23-17-24(28(29,30)31)32-36(23)21-11-13-22(14-12-21)46(41,42)33-26(39)43-16-15-35(6)37(40)34-45-19(2)44-25(38)27(3,4)5/h7-14,17,19,34H,15-16H2,1-6H3,(H,33,39)/q-1. The third kappa shape index (κ3) is 9.96. The van der Waals surface area contributed by atoms with Gasteiger partial charge >= 0.3 is 18.2 Å². The molecule has 18 heteroatoms. The highest BCUT2D eigenvalue weighted by Gasteiger charge is 2.35. The molecule has 1 atom stereocenters. The number of carbonyl (C=O) groups excluding carboxylic acids is 2. The summed E-state index contributed by atoms with van der Waals surface area (Å²) in [5.74, 6) is -0.553.